The van der Waals surface area contributed by atoms with Gasteiger partial charge in [0.2, 0.25) is 6.29 Å². The van der Waals surface area contributed by atoms with Crippen LogP contribution in [0, 0.1) is 5.82 Å². The average Bonchev–Trinajstić information content (AvgIpc) is 2.56. The van der Waals surface area contributed by atoms with Gasteiger partial charge in [-0.25, -0.2) is 4.39 Å². The molecular formula is C18H18FNO2. The van der Waals surface area contributed by atoms with E-state index in [0.717, 1.165) is 11.3 Å². The van der Waals surface area contributed by atoms with E-state index >= 15 is 0 Å². The highest BCUT2D eigenvalue weighted by Gasteiger charge is 2.26. The van der Waals surface area contributed by atoms with E-state index in [-0.39, 0.29) is 18.0 Å². The van der Waals surface area contributed by atoms with Crippen molar-refractivity contribution in [2.24, 2.45) is 0 Å². The molecule has 0 aliphatic carbocycles. The van der Waals surface area contributed by atoms with Crippen LogP contribution < -0.4 is 0 Å². The Bertz CT molecular complexity index is 640. The number of benzene rings is 1. The summed E-state index contributed by atoms with van der Waals surface area (Å²) in [5.41, 5.74) is 1.82. The second-order valence-electron chi connectivity index (χ2n) is 5.14. The summed E-state index contributed by atoms with van der Waals surface area (Å²) in [5, 5.41) is 0. The quantitative estimate of drug-likeness (QED) is 0.850. The van der Waals surface area contributed by atoms with E-state index in [4.69, 9.17) is 9.47 Å². The maximum absolute atomic E-state index is 13.1. The monoisotopic (exact) mass is 299 g/mol. The number of allylic oxidation sites excluding steroid dienone is 1. The van der Waals surface area contributed by atoms with Gasteiger partial charge in [-0.15, -0.1) is 0 Å². The molecule has 1 aliphatic heterocycles. The van der Waals surface area contributed by atoms with Crippen molar-refractivity contribution < 1.29 is 13.9 Å². The van der Waals surface area contributed by atoms with Crippen LogP contribution >= 0.6 is 0 Å². The van der Waals surface area contributed by atoms with Crippen LogP contribution in [-0.2, 0) is 9.47 Å². The van der Waals surface area contributed by atoms with Crippen molar-refractivity contribution in [3.05, 3.63) is 71.8 Å². The zero-order valence-electron chi connectivity index (χ0n) is 12.4. The fraction of sp³-hybridized carbons (Fsp3) is 0.278. The van der Waals surface area contributed by atoms with Gasteiger partial charge in [-0.05, 0) is 42.8 Å². The Labute approximate surface area is 129 Å². The van der Waals surface area contributed by atoms with Gasteiger partial charge in [0.05, 0.1) is 0 Å². The summed E-state index contributed by atoms with van der Waals surface area (Å²) in [6, 6.07) is 12.3. The van der Waals surface area contributed by atoms with E-state index in [1.54, 1.807) is 18.3 Å². The topological polar surface area (TPSA) is 31.4 Å². The van der Waals surface area contributed by atoms with Crippen molar-refractivity contribution in [2.75, 3.05) is 6.61 Å². The second kappa shape index (κ2) is 6.71. The smallest absolute Gasteiger partial charge is 0.200 e. The molecule has 3 nitrogen and oxygen atoms in total. The molecule has 0 saturated heterocycles. The molecule has 2 aromatic rings. The minimum atomic E-state index is -0.318. The van der Waals surface area contributed by atoms with Crippen molar-refractivity contribution in [3.8, 4) is 0 Å². The molecule has 0 spiro atoms. The normalized spacial score (nSPS) is 21.1. The number of hydrogen-bond acceptors (Lipinski definition) is 3. The molecule has 4 heteroatoms. The molecule has 3 rings (SSSR count). The number of aromatic nitrogens is 1. The maximum atomic E-state index is 13.1. The van der Waals surface area contributed by atoms with Crippen LogP contribution in [0.4, 0.5) is 4.39 Å². The summed E-state index contributed by atoms with van der Waals surface area (Å²) in [5.74, 6) is 0.591. The summed E-state index contributed by atoms with van der Waals surface area (Å²) < 4.78 is 24.7. The Morgan fingerprint density at radius 1 is 1.23 bits per heavy atom. The van der Waals surface area contributed by atoms with Gasteiger partial charge in [0, 0.05) is 25.1 Å². The molecule has 0 radical (unpaired) electrons. The van der Waals surface area contributed by atoms with E-state index < -0.39 is 0 Å². The predicted octanol–water partition coefficient (Wildman–Crippen LogP) is 4.13. The lowest BCUT2D eigenvalue weighted by atomic mass is 9.92. The molecule has 22 heavy (non-hydrogen) atoms. The number of hydrogen-bond donors (Lipinski definition) is 0. The SMILES string of the molecule is CCOC1CC(c2ccc(F)cc2)C=C(c2ccccn2)O1. The Morgan fingerprint density at radius 3 is 2.73 bits per heavy atom. The van der Waals surface area contributed by atoms with E-state index in [2.05, 4.69) is 4.98 Å². The van der Waals surface area contributed by atoms with Crippen LogP contribution in [0.3, 0.4) is 0 Å². The number of pyridine rings is 1. The Kier molecular flexibility index (Phi) is 4.49. The molecule has 2 atom stereocenters. The van der Waals surface area contributed by atoms with E-state index in [1.807, 2.05) is 31.2 Å². The molecule has 0 bridgehead atoms. The standard InChI is InChI=1S/C18H18FNO2/c1-2-21-18-12-14(13-6-8-15(19)9-7-13)11-17(22-18)16-5-3-4-10-20-16/h3-11,14,18H,2,12H2,1H3. The number of nitrogens with zero attached hydrogens (tertiary/aromatic N) is 1. The van der Waals surface area contributed by atoms with Gasteiger partial charge in [-0.1, -0.05) is 18.2 Å². The second-order valence-corrected chi connectivity index (χ2v) is 5.14. The van der Waals surface area contributed by atoms with Gasteiger partial charge in [-0.3, -0.25) is 4.98 Å². The van der Waals surface area contributed by atoms with E-state index in [0.29, 0.717) is 18.8 Å². The van der Waals surface area contributed by atoms with Crippen molar-refractivity contribution in [3.63, 3.8) is 0 Å². The van der Waals surface area contributed by atoms with Gasteiger partial charge in [-0.2, -0.15) is 0 Å². The molecular weight excluding hydrogens is 281 g/mol. The lowest BCUT2D eigenvalue weighted by Crippen LogP contribution is -2.24. The number of halogens is 1. The minimum absolute atomic E-state index is 0.114. The molecule has 0 N–H and O–H groups in total. The molecule has 114 valence electrons. The molecule has 0 fully saturated rings. The molecule has 1 aliphatic rings. The van der Waals surface area contributed by atoms with Crippen LogP contribution in [-0.4, -0.2) is 17.9 Å². The lowest BCUT2D eigenvalue weighted by molar-refractivity contribution is -0.104. The highest BCUT2D eigenvalue weighted by molar-refractivity contribution is 5.58. The lowest BCUT2D eigenvalue weighted by Gasteiger charge is -2.29. The molecule has 0 saturated carbocycles. The Hall–Kier alpha value is -2.20. The van der Waals surface area contributed by atoms with Gasteiger partial charge >= 0.3 is 0 Å². The maximum Gasteiger partial charge on any atom is 0.200 e. The molecule has 2 heterocycles. The third kappa shape index (κ3) is 3.34. The van der Waals surface area contributed by atoms with Crippen LogP contribution in [0.1, 0.15) is 30.5 Å². The first kappa shape index (κ1) is 14.7. The van der Waals surface area contributed by atoms with Crippen molar-refractivity contribution in [1.29, 1.82) is 0 Å². The number of ether oxygens (including phenoxy) is 2. The van der Waals surface area contributed by atoms with E-state index in [9.17, 15) is 4.39 Å². The fourth-order valence-corrected chi connectivity index (χ4v) is 2.57. The molecule has 2 unspecified atom stereocenters. The molecule has 1 aromatic carbocycles. The van der Waals surface area contributed by atoms with Crippen molar-refractivity contribution >= 4 is 5.76 Å². The predicted molar refractivity (Wildman–Crippen MR) is 82.5 cm³/mol. The van der Waals surface area contributed by atoms with Crippen LogP contribution in [0.25, 0.3) is 5.76 Å². The zero-order chi connectivity index (χ0) is 15.4. The minimum Gasteiger partial charge on any atom is -0.463 e. The summed E-state index contributed by atoms with van der Waals surface area (Å²) in [4.78, 5) is 4.33. The third-order valence-electron chi connectivity index (χ3n) is 3.63. The van der Waals surface area contributed by atoms with E-state index in [1.165, 1.54) is 12.1 Å². The third-order valence-corrected chi connectivity index (χ3v) is 3.63. The fourth-order valence-electron chi connectivity index (χ4n) is 2.57. The summed E-state index contributed by atoms with van der Waals surface area (Å²) >= 11 is 0. The number of rotatable bonds is 4. The van der Waals surface area contributed by atoms with Crippen LogP contribution in [0.5, 0.6) is 0 Å². The van der Waals surface area contributed by atoms with Gasteiger partial charge < -0.3 is 9.47 Å². The van der Waals surface area contributed by atoms with Crippen LogP contribution in [0.2, 0.25) is 0 Å². The van der Waals surface area contributed by atoms with Gasteiger partial charge in [0.25, 0.3) is 0 Å². The van der Waals surface area contributed by atoms with Gasteiger partial charge in [0.1, 0.15) is 17.3 Å². The van der Waals surface area contributed by atoms with Crippen LogP contribution in [0.15, 0.2) is 54.7 Å². The van der Waals surface area contributed by atoms with Crippen molar-refractivity contribution in [2.45, 2.75) is 25.6 Å². The Balaban J connectivity index is 1.92. The first-order valence-corrected chi connectivity index (χ1v) is 7.43. The molecule has 1 aromatic heterocycles. The Morgan fingerprint density at radius 2 is 2.05 bits per heavy atom. The largest absolute Gasteiger partial charge is 0.463 e. The van der Waals surface area contributed by atoms with Gasteiger partial charge in [0.15, 0.2) is 0 Å². The summed E-state index contributed by atoms with van der Waals surface area (Å²) in [6.07, 6.45) is 4.15. The molecule has 0 amide bonds. The van der Waals surface area contributed by atoms with Crippen molar-refractivity contribution in [1.82, 2.24) is 4.98 Å². The highest BCUT2D eigenvalue weighted by atomic mass is 19.1. The first-order valence-electron chi connectivity index (χ1n) is 7.43. The summed E-state index contributed by atoms with van der Waals surface area (Å²) in [7, 11) is 0. The first-order chi connectivity index (χ1) is 10.8. The summed E-state index contributed by atoms with van der Waals surface area (Å²) in [6.45, 7) is 2.52. The zero-order valence-corrected chi connectivity index (χ0v) is 12.4. The average molecular weight is 299 g/mol. The highest BCUT2D eigenvalue weighted by Crippen LogP contribution is 2.34.